The number of rotatable bonds is 3. The molecule has 0 unspecified atom stereocenters. The molecule has 1 fully saturated rings. The van der Waals surface area contributed by atoms with E-state index in [1.54, 1.807) is 4.90 Å². The smallest absolute Gasteiger partial charge is 0.410 e. The monoisotopic (exact) mass is 263 g/mol. The predicted octanol–water partition coefficient (Wildman–Crippen LogP) is 2.56. The molecule has 1 aliphatic heterocycles. The highest BCUT2D eigenvalue weighted by molar-refractivity contribution is 5.68. The third-order valence-electron chi connectivity index (χ3n) is 3.60. The van der Waals surface area contributed by atoms with Gasteiger partial charge in [0.15, 0.2) is 0 Å². The molecule has 4 heteroatoms. The van der Waals surface area contributed by atoms with Gasteiger partial charge in [0, 0.05) is 12.6 Å². The molecular weight excluding hydrogens is 242 g/mol. The molecule has 4 nitrogen and oxygen atoms in total. The minimum atomic E-state index is -0.289. The average Bonchev–Trinajstić information content (AvgIpc) is 2.45. The van der Waals surface area contributed by atoms with Crippen molar-refractivity contribution in [3.63, 3.8) is 0 Å². The van der Waals surface area contributed by atoms with E-state index in [9.17, 15) is 9.90 Å². The number of hydrogen-bond donors (Lipinski definition) is 1. The van der Waals surface area contributed by atoms with Crippen LogP contribution in [0.25, 0.3) is 0 Å². The Morgan fingerprint density at radius 1 is 1.42 bits per heavy atom. The summed E-state index contributed by atoms with van der Waals surface area (Å²) in [7, 11) is 0. The van der Waals surface area contributed by atoms with Gasteiger partial charge in [-0.1, -0.05) is 37.3 Å². The maximum atomic E-state index is 12.1. The molecule has 2 atom stereocenters. The average molecular weight is 263 g/mol. The Labute approximate surface area is 114 Å². The van der Waals surface area contributed by atoms with Crippen LogP contribution in [-0.2, 0) is 11.3 Å². The first-order valence-electron chi connectivity index (χ1n) is 6.86. The molecule has 1 aromatic rings. The largest absolute Gasteiger partial charge is 0.445 e. The molecule has 0 aromatic heterocycles. The van der Waals surface area contributed by atoms with E-state index in [4.69, 9.17) is 4.74 Å². The Balaban J connectivity index is 1.88. The number of piperidine rings is 1. The zero-order valence-corrected chi connectivity index (χ0v) is 11.3. The standard InChI is InChI=1S/C15H21NO3/c1-2-13-10-14(17)8-9-16(13)15(18)19-11-12-6-4-3-5-7-12/h3-7,13-14,17H,2,8-11H2,1H3/t13-,14+/m1/s1. The van der Waals surface area contributed by atoms with Crippen LogP contribution in [0.4, 0.5) is 4.79 Å². The molecule has 0 aliphatic carbocycles. The van der Waals surface area contributed by atoms with Gasteiger partial charge in [0.1, 0.15) is 6.61 Å². The zero-order chi connectivity index (χ0) is 13.7. The second-order valence-electron chi connectivity index (χ2n) is 4.97. The quantitative estimate of drug-likeness (QED) is 0.911. The van der Waals surface area contributed by atoms with Gasteiger partial charge in [-0.3, -0.25) is 0 Å². The number of ether oxygens (including phenoxy) is 1. The lowest BCUT2D eigenvalue weighted by atomic mass is 9.98. The Hall–Kier alpha value is -1.55. The van der Waals surface area contributed by atoms with Gasteiger partial charge < -0.3 is 14.7 Å². The van der Waals surface area contributed by atoms with Gasteiger partial charge in [-0.15, -0.1) is 0 Å². The van der Waals surface area contributed by atoms with E-state index in [2.05, 4.69) is 0 Å². The fourth-order valence-electron chi connectivity index (χ4n) is 2.46. The van der Waals surface area contributed by atoms with Crippen molar-refractivity contribution >= 4 is 6.09 Å². The summed E-state index contributed by atoms with van der Waals surface area (Å²) in [6.07, 6.45) is 1.57. The molecule has 104 valence electrons. The summed E-state index contributed by atoms with van der Waals surface area (Å²) >= 11 is 0. The first-order valence-corrected chi connectivity index (χ1v) is 6.86. The number of nitrogens with zero attached hydrogens (tertiary/aromatic N) is 1. The summed E-state index contributed by atoms with van der Waals surface area (Å²) < 4.78 is 5.34. The lowest BCUT2D eigenvalue weighted by molar-refractivity contribution is 0.0255. The highest BCUT2D eigenvalue weighted by atomic mass is 16.6. The summed E-state index contributed by atoms with van der Waals surface area (Å²) in [4.78, 5) is 13.8. The number of benzene rings is 1. The molecular formula is C15H21NO3. The van der Waals surface area contributed by atoms with E-state index < -0.39 is 0 Å². The zero-order valence-electron chi connectivity index (χ0n) is 11.3. The van der Waals surface area contributed by atoms with Crippen molar-refractivity contribution in [2.45, 2.75) is 44.9 Å². The van der Waals surface area contributed by atoms with Gasteiger partial charge in [-0.25, -0.2) is 4.79 Å². The molecule has 1 aromatic carbocycles. The van der Waals surface area contributed by atoms with E-state index in [0.29, 0.717) is 26.0 Å². The number of aliphatic hydroxyl groups excluding tert-OH is 1. The second-order valence-corrected chi connectivity index (χ2v) is 4.97. The van der Waals surface area contributed by atoms with E-state index in [1.165, 1.54) is 0 Å². The van der Waals surface area contributed by atoms with Crippen LogP contribution in [0, 0.1) is 0 Å². The number of aliphatic hydroxyl groups is 1. The second kappa shape index (κ2) is 6.57. The minimum Gasteiger partial charge on any atom is -0.445 e. The lowest BCUT2D eigenvalue weighted by Crippen LogP contribution is -2.47. The summed E-state index contributed by atoms with van der Waals surface area (Å²) in [6, 6.07) is 9.75. The van der Waals surface area contributed by atoms with Crippen molar-refractivity contribution in [3.8, 4) is 0 Å². The van der Waals surface area contributed by atoms with Crippen molar-refractivity contribution in [2.75, 3.05) is 6.54 Å². The third kappa shape index (κ3) is 3.70. The van der Waals surface area contributed by atoms with Gasteiger partial charge in [0.2, 0.25) is 0 Å². The Bertz CT molecular complexity index is 407. The van der Waals surface area contributed by atoms with E-state index in [-0.39, 0.29) is 18.2 Å². The Kier molecular flexibility index (Phi) is 4.80. The molecule has 0 radical (unpaired) electrons. The van der Waals surface area contributed by atoms with Crippen LogP contribution in [0.15, 0.2) is 30.3 Å². The first kappa shape index (κ1) is 13.9. The van der Waals surface area contributed by atoms with Crippen molar-refractivity contribution in [1.29, 1.82) is 0 Å². The maximum absolute atomic E-state index is 12.1. The number of hydrogen-bond acceptors (Lipinski definition) is 3. The van der Waals surface area contributed by atoms with Gasteiger partial charge in [0.05, 0.1) is 6.10 Å². The van der Waals surface area contributed by atoms with E-state index >= 15 is 0 Å². The summed E-state index contributed by atoms with van der Waals surface area (Å²) in [5, 5.41) is 9.64. The van der Waals surface area contributed by atoms with Crippen molar-refractivity contribution < 1.29 is 14.6 Å². The fraction of sp³-hybridized carbons (Fsp3) is 0.533. The molecule has 0 spiro atoms. The van der Waals surface area contributed by atoms with E-state index in [1.807, 2.05) is 37.3 Å². The third-order valence-corrected chi connectivity index (χ3v) is 3.60. The highest BCUT2D eigenvalue weighted by Gasteiger charge is 2.30. The molecule has 1 saturated heterocycles. The van der Waals surface area contributed by atoms with Crippen LogP contribution in [0.1, 0.15) is 31.7 Å². The van der Waals surface area contributed by atoms with Crippen molar-refractivity contribution in [2.24, 2.45) is 0 Å². The van der Waals surface area contributed by atoms with Crippen LogP contribution >= 0.6 is 0 Å². The van der Waals surface area contributed by atoms with Gasteiger partial charge in [-0.05, 0) is 24.8 Å². The van der Waals surface area contributed by atoms with Crippen LogP contribution in [0.3, 0.4) is 0 Å². The molecule has 1 N–H and O–H groups in total. The van der Waals surface area contributed by atoms with Crippen LogP contribution < -0.4 is 0 Å². The maximum Gasteiger partial charge on any atom is 0.410 e. The number of carbonyl (C=O) groups excluding carboxylic acids is 1. The van der Waals surface area contributed by atoms with Crippen molar-refractivity contribution in [1.82, 2.24) is 4.90 Å². The Morgan fingerprint density at radius 2 is 2.16 bits per heavy atom. The van der Waals surface area contributed by atoms with E-state index in [0.717, 1.165) is 12.0 Å². The predicted molar refractivity (Wildman–Crippen MR) is 72.7 cm³/mol. The van der Waals surface area contributed by atoms with Gasteiger partial charge in [-0.2, -0.15) is 0 Å². The molecule has 2 rings (SSSR count). The normalized spacial score (nSPS) is 23.2. The number of amides is 1. The number of likely N-dealkylation sites (tertiary alicyclic amines) is 1. The minimum absolute atomic E-state index is 0.0898. The summed E-state index contributed by atoms with van der Waals surface area (Å²) in [6.45, 7) is 2.91. The van der Waals surface area contributed by atoms with Gasteiger partial charge in [0.25, 0.3) is 0 Å². The SMILES string of the molecule is CC[C@@H]1C[C@@H](O)CCN1C(=O)OCc1ccccc1. The fourth-order valence-corrected chi connectivity index (χ4v) is 2.46. The molecule has 0 saturated carbocycles. The molecule has 1 aliphatic rings. The Morgan fingerprint density at radius 3 is 2.84 bits per heavy atom. The molecule has 19 heavy (non-hydrogen) atoms. The van der Waals surface area contributed by atoms with Crippen molar-refractivity contribution in [3.05, 3.63) is 35.9 Å². The first-order chi connectivity index (χ1) is 9.20. The molecule has 0 bridgehead atoms. The highest BCUT2D eigenvalue weighted by Crippen LogP contribution is 2.21. The summed E-state index contributed by atoms with van der Waals surface area (Å²) in [5.74, 6) is 0. The molecule has 1 amide bonds. The van der Waals surface area contributed by atoms with Crippen LogP contribution in [0.2, 0.25) is 0 Å². The number of carbonyl (C=O) groups is 1. The van der Waals surface area contributed by atoms with Crippen LogP contribution in [-0.4, -0.2) is 34.8 Å². The molecule has 1 heterocycles. The van der Waals surface area contributed by atoms with Gasteiger partial charge >= 0.3 is 6.09 Å². The van der Waals surface area contributed by atoms with Crippen LogP contribution in [0.5, 0.6) is 0 Å². The topological polar surface area (TPSA) is 49.8 Å². The summed E-state index contributed by atoms with van der Waals surface area (Å²) in [5.41, 5.74) is 0.987. The lowest BCUT2D eigenvalue weighted by Gasteiger charge is -2.36.